The van der Waals surface area contributed by atoms with Crippen molar-refractivity contribution in [3.05, 3.63) is 48.0 Å². The van der Waals surface area contributed by atoms with Crippen molar-refractivity contribution in [3.63, 3.8) is 0 Å². The smallest absolute Gasteiger partial charge is 0.387 e. The van der Waals surface area contributed by atoms with Crippen LogP contribution in [0.1, 0.15) is 35.3 Å². The predicted molar refractivity (Wildman–Crippen MR) is 96.7 cm³/mol. The summed E-state index contributed by atoms with van der Waals surface area (Å²) in [7, 11) is 1.81. The van der Waals surface area contributed by atoms with Crippen LogP contribution in [0.25, 0.3) is 0 Å². The molecule has 6 nitrogen and oxygen atoms in total. The van der Waals surface area contributed by atoms with Crippen LogP contribution >= 0.6 is 0 Å². The Hall–Kier alpha value is -2.48. The van der Waals surface area contributed by atoms with Crippen molar-refractivity contribution >= 4 is 5.91 Å². The number of aryl methyl sites for hydroxylation is 1. The Morgan fingerprint density at radius 1 is 1.41 bits per heavy atom. The molecule has 1 unspecified atom stereocenters. The van der Waals surface area contributed by atoms with Crippen LogP contribution in [0.15, 0.2) is 36.8 Å². The minimum absolute atomic E-state index is 0.0641. The van der Waals surface area contributed by atoms with Crippen molar-refractivity contribution in [2.24, 2.45) is 7.05 Å². The largest absolute Gasteiger partial charge is 0.435 e. The molecule has 1 aliphatic heterocycles. The standard InChI is InChI=1S/C19H24F2N4O2/c1-24-12-17(23-13-24)18(26)25(15-5-3-8-22-9-7-15)11-14-4-2-6-16(10-14)27-19(20)21/h2,4,6,10,12-13,15,19,22H,3,5,7-9,11H2,1H3. The summed E-state index contributed by atoms with van der Waals surface area (Å²) in [5.41, 5.74) is 1.13. The SMILES string of the molecule is Cn1cnc(C(=O)N(Cc2cccc(OC(F)F)c2)C2CCCNCC2)c1. The Morgan fingerprint density at radius 3 is 3.00 bits per heavy atom. The van der Waals surface area contributed by atoms with Crippen molar-refractivity contribution in [2.45, 2.75) is 38.5 Å². The highest BCUT2D eigenvalue weighted by molar-refractivity contribution is 5.92. The molecule has 0 bridgehead atoms. The highest BCUT2D eigenvalue weighted by Gasteiger charge is 2.27. The van der Waals surface area contributed by atoms with Crippen molar-refractivity contribution in [1.82, 2.24) is 19.8 Å². The van der Waals surface area contributed by atoms with Crippen LogP contribution in [0.5, 0.6) is 5.75 Å². The number of aromatic nitrogens is 2. The van der Waals surface area contributed by atoms with Crippen LogP contribution in [0.2, 0.25) is 0 Å². The number of amides is 1. The molecule has 2 heterocycles. The van der Waals surface area contributed by atoms with Crippen LogP contribution < -0.4 is 10.1 Å². The number of imidazole rings is 1. The Balaban J connectivity index is 1.84. The summed E-state index contributed by atoms with van der Waals surface area (Å²) in [6, 6.07) is 6.57. The Labute approximate surface area is 157 Å². The fourth-order valence-corrected chi connectivity index (χ4v) is 3.37. The van der Waals surface area contributed by atoms with Gasteiger partial charge in [0.25, 0.3) is 5.91 Å². The summed E-state index contributed by atoms with van der Waals surface area (Å²) in [5.74, 6) is -0.0575. The molecule has 2 aromatic rings. The molecule has 146 valence electrons. The highest BCUT2D eigenvalue weighted by Crippen LogP contribution is 2.22. The molecule has 1 aromatic carbocycles. The molecule has 1 atom stereocenters. The lowest BCUT2D eigenvalue weighted by Crippen LogP contribution is -2.40. The van der Waals surface area contributed by atoms with Gasteiger partial charge in [0.15, 0.2) is 0 Å². The lowest BCUT2D eigenvalue weighted by Gasteiger charge is -2.31. The number of carbonyl (C=O) groups excluding carboxylic acids is 1. The molecule has 1 aromatic heterocycles. The molecule has 1 amide bonds. The Morgan fingerprint density at radius 2 is 2.26 bits per heavy atom. The van der Waals surface area contributed by atoms with E-state index in [1.54, 1.807) is 34.1 Å². The predicted octanol–water partition coefficient (Wildman–Crippen LogP) is 2.81. The topological polar surface area (TPSA) is 59.4 Å². The quantitative estimate of drug-likeness (QED) is 0.840. The van der Waals surface area contributed by atoms with E-state index in [2.05, 4.69) is 15.0 Å². The van der Waals surface area contributed by atoms with Crippen LogP contribution in [0.3, 0.4) is 0 Å². The number of hydrogen-bond donors (Lipinski definition) is 1. The average molecular weight is 378 g/mol. The molecule has 27 heavy (non-hydrogen) atoms. The summed E-state index contributed by atoms with van der Waals surface area (Å²) in [5, 5.41) is 3.35. The Bertz CT molecular complexity index is 758. The van der Waals surface area contributed by atoms with E-state index in [1.807, 2.05) is 13.1 Å². The molecule has 0 aliphatic carbocycles. The van der Waals surface area contributed by atoms with E-state index in [9.17, 15) is 13.6 Å². The first-order valence-corrected chi connectivity index (χ1v) is 9.06. The second kappa shape index (κ2) is 8.94. The fraction of sp³-hybridized carbons (Fsp3) is 0.474. The maximum Gasteiger partial charge on any atom is 0.387 e. The molecule has 1 fully saturated rings. The summed E-state index contributed by atoms with van der Waals surface area (Å²) < 4.78 is 31.2. The first-order chi connectivity index (χ1) is 13.0. The third kappa shape index (κ3) is 5.26. The van der Waals surface area contributed by atoms with Gasteiger partial charge in [-0.1, -0.05) is 12.1 Å². The number of carbonyl (C=O) groups is 1. The monoisotopic (exact) mass is 378 g/mol. The minimum atomic E-state index is -2.88. The second-order valence-corrected chi connectivity index (χ2v) is 6.72. The van der Waals surface area contributed by atoms with E-state index < -0.39 is 6.61 Å². The zero-order valence-corrected chi connectivity index (χ0v) is 15.3. The van der Waals surface area contributed by atoms with Gasteiger partial charge in [-0.25, -0.2) is 4.98 Å². The van der Waals surface area contributed by atoms with Crippen molar-refractivity contribution in [3.8, 4) is 5.75 Å². The van der Waals surface area contributed by atoms with E-state index in [-0.39, 0.29) is 17.7 Å². The Kier molecular flexibility index (Phi) is 6.39. The van der Waals surface area contributed by atoms with Crippen LogP contribution in [-0.4, -0.2) is 46.1 Å². The molecule has 1 aliphatic rings. The normalized spacial score (nSPS) is 17.6. The molecule has 8 heteroatoms. The van der Waals surface area contributed by atoms with E-state index in [0.29, 0.717) is 12.2 Å². The van der Waals surface area contributed by atoms with Gasteiger partial charge >= 0.3 is 6.61 Å². The lowest BCUT2D eigenvalue weighted by molar-refractivity contribution is -0.0499. The number of hydrogen-bond acceptors (Lipinski definition) is 4. The van der Waals surface area contributed by atoms with E-state index in [1.165, 1.54) is 6.07 Å². The first-order valence-electron chi connectivity index (χ1n) is 9.06. The number of ether oxygens (including phenoxy) is 1. The van der Waals surface area contributed by atoms with Gasteiger partial charge in [0.1, 0.15) is 11.4 Å². The molecule has 3 rings (SSSR count). The summed E-state index contributed by atoms with van der Waals surface area (Å²) >= 11 is 0. The zero-order chi connectivity index (χ0) is 19.2. The van der Waals surface area contributed by atoms with Gasteiger partial charge in [0, 0.05) is 25.8 Å². The molecule has 0 saturated carbocycles. The van der Waals surface area contributed by atoms with Gasteiger partial charge in [-0.15, -0.1) is 0 Å². The third-order valence-corrected chi connectivity index (χ3v) is 4.65. The number of halogens is 2. The van der Waals surface area contributed by atoms with Gasteiger partial charge < -0.3 is 19.5 Å². The van der Waals surface area contributed by atoms with Crippen LogP contribution in [-0.2, 0) is 13.6 Å². The molecule has 0 spiro atoms. The van der Waals surface area contributed by atoms with Gasteiger partial charge in [0.2, 0.25) is 0 Å². The summed E-state index contributed by atoms with van der Waals surface area (Å²) in [6.07, 6.45) is 5.99. The first kappa shape index (κ1) is 19.3. The van der Waals surface area contributed by atoms with Crippen molar-refractivity contribution in [1.29, 1.82) is 0 Å². The highest BCUT2D eigenvalue weighted by atomic mass is 19.3. The minimum Gasteiger partial charge on any atom is -0.435 e. The van der Waals surface area contributed by atoms with Gasteiger partial charge in [0.05, 0.1) is 6.33 Å². The second-order valence-electron chi connectivity index (χ2n) is 6.72. The van der Waals surface area contributed by atoms with Crippen molar-refractivity contribution in [2.75, 3.05) is 13.1 Å². The summed E-state index contributed by atoms with van der Waals surface area (Å²) in [4.78, 5) is 19.1. The molecule has 1 saturated heterocycles. The molecular weight excluding hydrogens is 354 g/mol. The van der Waals surface area contributed by atoms with Gasteiger partial charge in [-0.05, 0) is 50.0 Å². The fourth-order valence-electron chi connectivity index (χ4n) is 3.37. The number of alkyl halides is 2. The van der Waals surface area contributed by atoms with E-state index in [4.69, 9.17) is 0 Å². The van der Waals surface area contributed by atoms with E-state index in [0.717, 1.165) is 37.9 Å². The molecular formula is C19H24F2N4O2. The van der Waals surface area contributed by atoms with Crippen LogP contribution in [0.4, 0.5) is 8.78 Å². The molecule has 1 N–H and O–H groups in total. The maximum absolute atomic E-state index is 13.1. The van der Waals surface area contributed by atoms with Crippen molar-refractivity contribution < 1.29 is 18.3 Å². The number of benzene rings is 1. The summed E-state index contributed by atoms with van der Waals surface area (Å²) in [6.45, 7) is -0.787. The molecule has 0 radical (unpaired) electrons. The number of rotatable bonds is 6. The van der Waals surface area contributed by atoms with E-state index >= 15 is 0 Å². The number of nitrogens with zero attached hydrogens (tertiary/aromatic N) is 3. The van der Waals surface area contributed by atoms with Gasteiger partial charge in [-0.2, -0.15) is 8.78 Å². The zero-order valence-electron chi connectivity index (χ0n) is 15.3. The lowest BCUT2D eigenvalue weighted by atomic mass is 10.1. The average Bonchev–Trinajstić information content (AvgIpc) is 2.90. The maximum atomic E-state index is 13.1. The van der Waals surface area contributed by atoms with Crippen LogP contribution in [0, 0.1) is 0 Å². The third-order valence-electron chi connectivity index (χ3n) is 4.65. The van der Waals surface area contributed by atoms with Gasteiger partial charge in [-0.3, -0.25) is 4.79 Å². The number of nitrogens with one attached hydrogen (secondary N) is 1.